The Morgan fingerprint density at radius 1 is 1.32 bits per heavy atom. The van der Waals surface area contributed by atoms with E-state index in [1.165, 1.54) is 23.5 Å². The summed E-state index contributed by atoms with van der Waals surface area (Å²) in [6.07, 6.45) is 2.27. The number of anilines is 1. The van der Waals surface area contributed by atoms with Gasteiger partial charge in [-0.25, -0.2) is 14.2 Å². The third-order valence-corrected chi connectivity index (χ3v) is 5.52. The molecule has 6 nitrogen and oxygen atoms in total. The first-order valence-corrected chi connectivity index (χ1v) is 9.70. The summed E-state index contributed by atoms with van der Waals surface area (Å²) in [5.41, 5.74) is 8.99. The number of aromatic amines is 1. The fourth-order valence-electron chi connectivity index (χ4n) is 2.85. The number of rotatable bonds is 6. The highest BCUT2D eigenvalue weighted by Crippen LogP contribution is 2.30. The minimum atomic E-state index is -0.478. The molecule has 0 radical (unpaired) electrons. The maximum Gasteiger partial charge on any atom is 0.417 e. The van der Waals surface area contributed by atoms with Crippen LogP contribution in [0, 0.1) is 5.82 Å². The monoisotopic (exact) mass is 418 g/mol. The molecular formula is C19H16ClFN4O2S. The minimum absolute atomic E-state index is 0.0999. The van der Waals surface area contributed by atoms with Crippen LogP contribution in [0.2, 0.25) is 5.02 Å². The second-order valence-corrected chi connectivity index (χ2v) is 7.79. The number of nitrogens with zero attached hydrogens (tertiary/aromatic N) is 1. The molecule has 0 aliphatic carbocycles. The second kappa shape index (κ2) is 7.75. The van der Waals surface area contributed by atoms with Crippen LogP contribution in [0.5, 0.6) is 0 Å². The highest BCUT2D eigenvalue weighted by atomic mass is 35.5. The lowest BCUT2D eigenvalue weighted by atomic mass is 10.1. The highest BCUT2D eigenvalue weighted by Gasteiger charge is 2.10. The van der Waals surface area contributed by atoms with Gasteiger partial charge in [0, 0.05) is 18.8 Å². The predicted octanol–water partition coefficient (Wildman–Crippen LogP) is 4.02. The lowest BCUT2D eigenvalue weighted by Crippen LogP contribution is -2.31. The standard InChI is InChI=1S/C19H16ClFN4O2S/c20-13-3-1-10(6-14(13)21)5-12(22)8-23-18-24-9-17(28-18)11-2-4-15-16(7-11)27-19(26)25-15/h1-4,6-7,9,12H,5,8,22H2,(H,23,24)(H,25,26)/t12-/m0/s1. The zero-order valence-electron chi connectivity index (χ0n) is 14.5. The van der Waals surface area contributed by atoms with Crippen molar-refractivity contribution in [3.63, 3.8) is 0 Å². The fraction of sp³-hybridized carbons (Fsp3) is 0.158. The van der Waals surface area contributed by atoms with Crippen LogP contribution in [0.25, 0.3) is 21.5 Å². The van der Waals surface area contributed by atoms with E-state index in [9.17, 15) is 9.18 Å². The van der Waals surface area contributed by atoms with Crippen molar-refractivity contribution in [3.05, 3.63) is 69.5 Å². The quantitative estimate of drug-likeness (QED) is 0.439. The van der Waals surface area contributed by atoms with E-state index in [0.717, 1.165) is 21.1 Å². The van der Waals surface area contributed by atoms with Gasteiger partial charge in [-0.2, -0.15) is 0 Å². The van der Waals surface area contributed by atoms with Gasteiger partial charge in [-0.3, -0.25) is 4.98 Å². The van der Waals surface area contributed by atoms with Gasteiger partial charge in [-0.05, 0) is 41.8 Å². The second-order valence-electron chi connectivity index (χ2n) is 6.35. The summed E-state index contributed by atoms with van der Waals surface area (Å²) in [6, 6.07) is 9.98. The van der Waals surface area contributed by atoms with E-state index in [0.29, 0.717) is 24.1 Å². The molecule has 0 fully saturated rings. The number of fused-ring (bicyclic) bond motifs is 1. The van der Waals surface area contributed by atoms with Crippen molar-refractivity contribution < 1.29 is 8.81 Å². The molecule has 0 spiro atoms. The van der Waals surface area contributed by atoms with E-state index < -0.39 is 11.6 Å². The van der Waals surface area contributed by atoms with E-state index in [1.807, 2.05) is 6.07 Å². The van der Waals surface area contributed by atoms with Gasteiger partial charge >= 0.3 is 5.76 Å². The van der Waals surface area contributed by atoms with Gasteiger partial charge < -0.3 is 15.5 Å². The van der Waals surface area contributed by atoms with Gasteiger partial charge in [-0.1, -0.05) is 35.1 Å². The van der Waals surface area contributed by atoms with Crippen molar-refractivity contribution in [2.45, 2.75) is 12.5 Å². The lowest BCUT2D eigenvalue weighted by Gasteiger charge is -2.12. The Labute approximate surface area is 168 Å². The molecule has 4 rings (SSSR count). The summed E-state index contributed by atoms with van der Waals surface area (Å²) in [6.45, 7) is 0.489. The summed E-state index contributed by atoms with van der Waals surface area (Å²) in [7, 11) is 0. The van der Waals surface area contributed by atoms with Crippen LogP contribution in [0.4, 0.5) is 9.52 Å². The van der Waals surface area contributed by atoms with Gasteiger partial charge in [0.2, 0.25) is 0 Å². The van der Waals surface area contributed by atoms with Gasteiger partial charge in [-0.15, -0.1) is 0 Å². The topological polar surface area (TPSA) is 96.9 Å². The Kier molecular flexibility index (Phi) is 5.17. The van der Waals surface area contributed by atoms with Crippen LogP contribution >= 0.6 is 22.9 Å². The Morgan fingerprint density at radius 3 is 3.00 bits per heavy atom. The number of hydrogen-bond acceptors (Lipinski definition) is 6. The predicted molar refractivity (Wildman–Crippen MR) is 110 cm³/mol. The first-order valence-electron chi connectivity index (χ1n) is 8.50. The van der Waals surface area contributed by atoms with Gasteiger partial charge in [0.1, 0.15) is 5.82 Å². The summed E-state index contributed by atoms with van der Waals surface area (Å²) in [5.74, 6) is -0.924. The molecule has 4 aromatic rings. The SMILES string of the molecule is N[C@H](CNc1ncc(-c2ccc3[nH]c(=O)oc3c2)s1)Cc1ccc(Cl)c(F)c1. The molecule has 0 unspecified atom stereocenters. The number of H-pyrrole nitrogens is 1. The highest BCUT2D eigenvalue weighted by molar-refractivity contribution is 7.18. The van der Waals surface area contributed by atoms with E-state index in [4.69, 9.17) is 21.8 Å². The van der Waals surface area contributed by atoms with Crippen LogP contribution in [0.1, 0.15) is 5.56 Å². The van der Waals surface area contributed by atoms with Crippen LogP contribution < -0.4 is 16.8 Å². The molecule has 0 saturated carbocycles. The Bertz CT molecular complexity index is 1190. The van der Waals surface area contributed by atoms with E-state index >= 15 is 0 Å². The van der Waals surface area contributed by atoms with E-state index in [-0.39, 0.29) is 11.1 Å². The molecule has 9 heteroatoms. The average molecular weight is 419 g/mol. The van der Waals surface area contributed by atoms with Crippen molar-refractivity contribution >= 4 is 39.2 Å². The molecule has 2 aromatic heterocycles. The van der Waals surface area contributed by atoms with E-state index in [1.54, 1.807) is 24.4 Å². The van der Waals surface area contributed by atoms with Crippen LogP contribution in [-0.4, -0.2) is 22.6 Å². The molecule has 0 saturated heterocycles. The Morgan fingerprint density at radius 2 is 2.18 bits per heavy atom. The molecule has 0 bridgehead atoms. The van der Waals surface area contributed by atoms with Gasteiger partial charge in [0.25, 0.3) is 0 Å². The van der Waals surface area contributed by atoms with Crippen LogP contribution in [0.15, 0.2) is 51.8 Å². The number of aromatic nitrogens is 2. The molecular weight excluding hydrogens is 403 g/mol. The third kappa shape index (κ3) is 4.09. The van der Waals surface area contributed by atoms with Gasteiger partial charge in [0.05, 0.1) is 15.4 Å². The molecule has 1 atom stereocenters. The summed E-state index contributed by atoms with van der Waals surface area (Å²) in [4.78, 5) is 19.2. The maximum atomic E-state index is 13.5. The number of nitrogens with one attached hydrogen (secondary N) is 2. The molecule has 4 N–H and O–H groups in total. The number of oxazole rings is 1. The number of benzene rings is 2. The first-order chi connectivity index (χ1) is 13.5. The molecule has 144 valence electrons. The molecule has 28 heavy (non-hydrogen) atoms. The zero-order chi connectivity index (χ0) is 19.7. The number of thiazole rings is 1. The summed E-state index contributed by atoms with van der Waals surface area (Å²) < 4.78 is 18.6. The average Bonchev–Trinajstić information content (AvgIpc) is 3.28. The summed E-state index contributed by atoms with van der Waals surface area (Å²) in [5, 5.41) is 4.03. The van der Waals surface area contributed by atoms with Gasteiger partial charge in [0.15, 0.2) is 10.7 Å². The van der Waals surface area contributed by atoms with Crippen molar-refractivity contribution in [1.29, 1.82) is 0 Å². The molecule has 2 heterocycles. The van der Waals surface area contributed by atoms with E-state index in [2.05, 4.69) is 15.3 Å². The normalized spacial score (nSPS) is 12.4. The smallest absolute Gasteiger partial charge is 0.408 e. The minimum Gasteiger partial charge on any atom is -0.408 e. The van der Waals surface area contributed by atoms with Crippen molar-refractivity contribution in [1.82, 2.24) is 9.97 Å². The number of nitrogens with two attached hydrogens (primary N) is 1. The summed E-state index contributed by atoms with van der Waals surface area (Å²) >= 11 is 7.16. The Hall–Kier alpha value is -2.68. The Balaban J connectivity index is 1.39. The van der Waals surface area contributed by atoms with Crippen molar-refractivity contribution in [2.24, 2.45) is 5.73 Å². The number of halogens is 2. The molecule has 2 aromatic carbocycles. The fourth-order valence-corrected chi connectivity index (χ4v) is 3.78. The zero-order valence-corrected chi connectivity index (χ0v) is 16.1. The van der Waals surface area contributed by atoms with Crippen molar-refractivity contribution in [2.75, 3.05) is 11.9 Å². The first kappa shape index (κ1) is 18.7. The number of hydrogen-bond donors (Lipinski definition) is 3. The van der Waals surface area contributed by atoms with Crippen molar-refractivity contribution in [3.8, 4) is 10.4 Å². The molecule has 0 amide bonds. The molecule has 0 aliphatic rings. The van der Waals surface area contributed by atoms with Crippen LogP contribution in [-0.2, 0) is 6.42 Å². The third-order valence-electron chi connectivity index (χ3n) is 4.21. The largest absolute Gasteiger partial charge is 0.417 e. The van der Waals surface area contributed by atoms with Crippen LogP contribution in [0.3, 0.4) is 0 Å². The lowest BCUT2D eigenvalue weighted by molar-refractivity contribution is 0.555. The maximum absolute atomic E-state index is 13.5. The molecule has 0 aliphatic heterocycles.